The predicted octanol–water partition coefficient (Wildman–Crippen LogP) is 10.4. The SMILES string of the molecule is CCCCCCCCCCC.CCCCCCCCCCCSC(CC)COC(=O)NCCN1CCCC1. The molecule has 1 fully saturated rings. The van der Waals surface area contributed by atoms with E-state index in [0.29, 0.717) is 18.4 Å². The summed E-state index contributed by atoms with van der Waals surface area (Å²) in [4.78, 5) is 14.2. The Hall–Kier alpha value is -0.420. The van der Waals surface area contributed by atoms with Crippen molar-refractivity contribution < 1.29 is 9.53 Å². The van der Waals surface area contributed by atoms with Gasteiger partial charge in [0.15, 0.2) is 0 Å². The molecule has 0 spiro atoms. The Kier molecular flexibility index (Phi) is 30.8. The summed E-state index contributed by atoms with van der Waals surface area (Å²) in [6.07, 6.45) is 28.7. The van der Waals surface area contributed by atoms with Crippen LogP contribution in [0.15, 0.2) is 0 Å². The van der Waals surface area contributed by atoms with Crippen LogP contribution in [-0.4, -0.2) is 54.8 Å². The Balaban J connectivity index is 0.00000105. The quantitative estimate of drug-likeness (QED) is 0.114. The smallest absolute Gasteiger partial charge is 0.407 e. The fourth-order valence-corrected chi connectivity index (χ4v) is 5.98. The number of likely N-dealkylation sites (tertiary alicyclic amines) is 1. The molecular formula is C33H68N2O2S. The van der Waals surface area contributed by atoms with Gasteiger partial charge in [0.05, 0.1) is 0 Å². The Morgan fingerprint density at radius 3 is 1.61 bits per heavy atom. The summed E-state index contributed by atoms with van der Waals surface area (Å²) in [5.74, 6) is 1.19. The second-order valence-electron chi connectivity index (χ2n) is 11.3. The molecule has 0 aliphatic carbocycles. The van der Waals surface area contributed by atoms with Crippen LogP contribution in [0.2, 0.25) is 0 Å². The Morgan fingerprint density at radius 1 is 0.711 bits per heavy atom. The van der Waals surface area contributed by atoms with E-state index in [9.17, 15) is 4.79 Å². The average Bonchev–Trinajstić information content (AvgIpc) is 3.45. The molecule has 4 nitrogen and oxygen atoms in total. The van der Waals surface area contributed by atoms with Crippen LogP contribution >= 0.6 is 11.8 Å². The van der Waals surface area contributed by atoms with Gasteiger partial charge in [-0.3, -0.25) is 0 Å². The van der Waals surface area contributed by atoms with E-state index in [2.05, 4.69) is 37.9 Å². The van der Waals surface area contributed by atoms with Gasteiger partial charge in [-0.1, -0.05) is 137 Å². The molecule has 1 saturated heterocycles. The van der Waals surface area contributed by atoms with Crippen molar-refractivity contribution in [3.8, 4) is 0 Å². The fraction of sp³-hybridized carbons (Fsp3) is 0.970. The standard InChI is InChI=1S/C22H44N2O2S.C11H24/c1-3-5-6-7-8-9-10-11-14-19-27-21(4-2)20-26-22(25)23-15-18-24-16-12-13-17-24;1-3-5-7-9-11-10-8-6-4-2/h21H,3-20H2,1-2H3,(H,23,25);3-11H2,1-2H3. The van der Waals surface area contributed by atoms with Crippen LogP contribution in [-0.2, 0) is 4.74 Å². The molecule has 5 heteroatoms. The van der Waals surface area contributed by atoms with E-state index in [4.69, 9.17) is 4.74 Å². The van der Waals surface area contributed by atoms with Crippen LogP contribution in [0.25, 0.3) is 0 Å². The number of hydrogen-bond donors (Lipinski definition) is 1. The zero-order valence-corrected chi connectivity index (χ0v) is 27.2. The Bertz CT molecular complexity index is 464. The molecule has 0 aromatic carbocycles. The van der Waals surface area contributed by atoms with Crippen LogP contribution in [0.1, 0.15) is 163 Å². The van der Waals surface area contributed by atoms with E-state index in [1.165, 1.54) is 147 Å². The second-order valence-corrected chi connectivity index (χ2v) is 12.7. The van der Waals surface area contributed by atoms with Crippen molar-refractivity contribution in [1.82, 2.24) is 10.2 Å². The summed E-state index contributed by atoms with van der Waals surface area (Å²) < 4.78 is 5.41. The number of hydrogen-bond acceptors (Lipinski definition) is 4. The molecular weight excluding hydrogens is 488 g/mol. The summed E-state index contributed by atoms with van der Waals surface area (Å²) >= 11 is 1.97. The van der Waals surface area contributed by atoms with Gasteiger partial charge < -0.3 is 15.0 Å². The predicted molar refractivity (Wildman–Crippen MR) is 172 cm³/mol. The second kappa shape index (κ2) is 31.1. The van der Waals surface area contributed by atoms with Crippen molar-refractivity contribution in [2.75, 3.05) is 38.5 Å². The van der Waals surface area contributed by atoms with Gasteiger partial charge in [-0.15, -0.1) is 0 Å². The van der Waals surface area contributed by atoms with Gasteiger partial charge in [0.1, 0.15) is 6.61 Å². The first-order valence-corrected chi connectivity index (χ1v) is 18.0. The molecule has 1 N–H and O–H groups in total. The van der Waals surface area contributed by atoms with Crippen molar-refractivity contribution in [3.05, 3.63) is 0 Å². The number of carbonyl (C=O) groups is 1. The fourth-order valence-electron chi connectivity index (χ4n) is 4.87. The van der Waals surface area contributed by atoms with Crippen LogP contribution in [0, 0.1) is 0 Å². The largest absolute Gasteiger partial charge is 0.448 e. The topological polar surface area (TPSA) is 41.6 Å². The van der Waals surface area contributed by atoms with Gasteiger partial charge in [-0.05, 0) is 44.5 Å². The lowest BCUT2D eigenvalue weighted by atomic mass is 10.1. The van der Waals surface area contributed by atoms with Crippen LogP contribution in [0.5, 0.6) is 0 Å². The summed E-state index contributed by atoms with van der Waals surface area (Å²) in [6.45, 7) is 13.5. The monoisotopic (exact) mass is 557 g/mol. The number of carbonyl (C=O) groups excluding carboxylic acids is 1. The third-order valence-corrected chi connectivity index (χ3v) is 9.03. The highest BCUT2D eigenvalue weighted by Gasteiger charge is 2.13. The Morgan fingerprint density at radius 2 is 1.16 bits per heavy atom. The molecule has 1 aliphatic heterocycles. The molecule has 0 saturated carbocycles. The summed E-state index contributed by atoms with van der Waals surface area (Å²) in [5, 5.41) is 3.32. The van der Waals surface area contributed by atoms with Crippen LogP contribution in [0.3, 0.4) is 0 Å². The number of ether oxygens (including phenoxy) is 1. The van der Waals surface area contributed by atoms with Crippen molar-refractivity contribution >= 4 is 17.9 Å². The zero-order valence-electron chi connectivity index (χ0n) is 26.3. The van der Waals surface area contributed by atoms with Crippen LogP contribution < -0.4 is 5.32 Å². The van der Waals surface area contributed by atoms with Gasteiger partial charge in [0, 0.05) is 18.3 Å². The summed E-state index contributed by atoms with van der Waals surface area (Å²) in [5.41, 5.74) is 0. The lowest BCUT2D eigenvalue weighted by Crippen LogP contribution is -2.34. The van der Waals surface area contributed by atoms with E-state index in [1.54, 1.807) is 0 Å². The van der Waals surface area contributed by atoms with Crippen LogP contribution in [0.4, 0.5) is 4.79 Å². The highest BCUT2D eigenvalue weighted by Crippen LogP contribution is 2.18. The molecule has 0 aromatic heterocycles. The van der Waals surface area contributed by atoms with Gasteiger partial charge >= 0.3 is 6.09 Å². The first-order chi connectivity index (χ1) is 18.7. The number of alkyl carbamates (subject to hydrolysis) is 1. The number of rotatable bonds is 25. The molecule has 1 amide bonds. The van der Waals surface area contributed by atoms with Gasteiger partial charge in [-0.2, -0.15) is 11.8 Å². The zero-order chi connectivity index (χ0) is 27.9. The van der Waals surface area contributed by atoms with Crippen molar-refractivity contribution in [3.63, 3.8) is 0 Å². The first-order valence-electron chi connectivity index (χ1n) is 16.9. The number of unbranched alkanes of at least 4 members (excludes halogenated alkanes) is 16. The van der Waals surface area contributed by atoms with Crippen molar-refractivity contribution in [1.29, 1.82) is 0 Å². The molecule has 228 valence electrons. The van der Waals surface area contributed by atoms with Crippen molar-refractivity contribution in [2.24, 2.45) is 0 Å². The van der Waals surface area contributed by atoms with E-state index in [1.807, 2.05) is 11.8 Å². The normalized spacial score (nSPS) is 14.2. The molecule has 0 bridgehead atoms. The summed E-state index contributed by atoms with van der Waals surface area (Å²) in [7, 11) is 0. The third kappa shape index (κ3) is 27.2. The minimum absolute atomic E-state index is 0.253. The van der Waals surface area contributed by atoms with Gasteiger partial charge in [0.25, 0.3) is 0 Å². The molecule has 1 rings (SSSR count). The number of amides is 1. The van der Waals surface area contributed by atoms with Gasteiger partial charge in [0.2, 0.25) is 0 Å². The highest BCUT2D eigenvalue weighted by atomic mass is 32.2. The summed E-state index contributed by atoms with van der Waals surface area (Å²) in [6, 6.07) is 0. The molecule has 38 heavy (non-hydrogen) atoms. The highest BCUT2D eigenvalue weighted by molar-refractivity contribution is 7.99. The lowest BCUT2D eigenvalue weighted by molar-refractivity contribution is 0.145. The lowest BCUT2D eigenvalue weighted by Gasteiger charge is -2.17. The number of thioether (sulfide) groups is 1. The van der Waals surface area contributed by atoms with E-state index in [-0.39, 0.29) is 6.09 Å². The molecule has 0 radical (unpaired) electrons. The molecule has 1 aliphatic rings. The maximum atomic E-state index is 11.8. The molecule has 1 unspecified atom stereocenters. The number of nitrogens with zero attached hydrogens (tertiary/aromatic N) is 1. The molecule has 1 heterocycles. The average molecular weight is 557 g/mol. The van der Waals surface area contributed by atoms with E-state index < -0.39 is 0 Å². The maximum Gasteiger partial charge on any atom is 0.407 e. The molecule has 1 atom stereocenters. The third-order valence-electron chi connectivity index (χ3n) is 7.56. The van der Waals surface area contributed by atoms with E-state index >= 15 is 0 Å². The minimum atomic E-state index is -0.253. The number of nitrogens with one attached hydrogen (secondary N) is 1. The Labute approximate surface area is 243 Å². The maximum absolute atomic E-state index is 11.8. The van der Waals surface area contributed by atoms with Gasteiger partial charge in [-0.25, -0.2) is 4.79 Å². The first kappa shape index (κ1) is 37.6. The van der Waals surface area contributed by atoms with E-state index in [0.717, 1.165) is 13.0 Å². The minimum Gasteiger partial charge on any atom is -0.448 e. The molecule has 0 aromatic rings. The van der Waals surface area contributed by atoms with Crippen molar-refractivity contribution in [2.45, 2.75) is 168 Å².